The molecule has 0 aliphatic rings. The van der Waals surface area contributed by atoms with E-state index >= 15 is 0 Å². The molecule has 0 radical (unpaired) electrons. The molecule has 0 spiro atoms. The second-order valence-corrected chi connectivity index (χ2v) is 10.4. The van der Waals surface area contributed by atoms with Crippen molar-refractivity contribution >= 4 is 45.0 Å². The number of thioether (sulfide) groups is 1. The normalized spacial score (nSPS) is 11.8. The maximum atomic E-state index is 13.0. The molecule has 4 rings (SSSR count). The number of hydrogen-bond donors (Lipinski definition) is 1. The molecule has 0 bridgehead atoms. The maximum Gasteiger partial charge on any atom is 0.235 e. The van der Waals surface area contributed by atoms with Crippen LogP contribution in [0.4, 0.5) is 10.2 Å². The van der Waals surface area contributed by atoms with E-state index in [4.69, 9.17) is 4.98 Å². The number of halogens is 1. The quantitative estimate of drug-likeness (QED) is 0.378. The fraction of sp³-hybridized carbons (Fsp3) is 0.261. The smallest absolute Gasteiger partial charge is 0.235 e. The van der Waals surface area contributed by atoms with Crippen molar-refractivity contribution in [3.63, 3.8) is 0 Å². The number of hydrogen-bond acceptors (Lipinski definition) is 5. The van der Waals surface area contributed by atoms with E-state index in [1.54, 1.807) is 28.2 Å². The summed E-state index contributed by atoms with van der Waals surface area (Å²) in [5, 5.41) is 8.16. The van der Waals surface area contributed by atoms with E-state index in [1.165, 1.54) is 29.5 Å². The fourth-order valence-corrected chi connectivity index (χ4v) is 4.73. The predicted octanol–water partition coefficient (Wildman–Crippen LogP) is 5.96. The molecule has 2 heterocycles. The van der Waals surface area contributed by atoms with Crippen molar-refractivity contribution in [2.24, 2.45) is 0 Å². The Morgan fingerprint density at radius 1 is 1.16 bits per heavy atom. The van der Waals surface area contributed by atoms with Crippen LogP contribution < -0.4 is 5.32 Å². The van der Waals surface area contributed by atoms with Crippen LogP contribution in [0.5, 0.6) is 0 Å². The number of fused-ring (bicyclic) bond motifs is 1. The molecule has 31 heavy (non-hydrogen) atoms. The molecule has 1 N–H and O–H groups in total. The first-order chi connectivity index (χ1) is 14.7. The number of benzene rings is 2. The summed E-state index contributed by atoms with van der Waals surface area (Å²) in [5.41, 5.74) is 3.00. The van der Waals surface area contributed by atoms with Crippen LogP contribution in [0.3, 0.4) is 0 Å². The zero-order valence-corrected chi connectivity index (χ0v) is 19.4. The number of carbonyl (C=O) groups excluding carboxylic acids is 1. The number of amides is 1. The molecule has 0 unspecified atom stereocenters. The van der Waals surface area contributed by atoms with E-state index in [-0.39, 0.29) is 22.9 Å². The first-order valence-electron chi connectivity index (χ1n) is 9.85. The minimum atomic E-state index is -0.293. The summed E-state index contributed by atoms with van der Waals surface area (Å²) >= 11 is 2.90. The highest BCUT2D eigenvalue weighted by molar-refractivity contribution is 8.00. The molecular formula is C23H23FN4OS2. The Morgan fingerprint density at radius 3 is 2.61 bits per heavy atom. The Labute approximate surface area is 188 Å². The number of nitrogens with one attached hydrogen (secondary N) is 1. The van der Waals surface area contributed by atoms with Gasteiger partial charge in [-0.3, -0.25) is 4.79 Å². The highest BCUT2D eigenvalue weighted by Crippen LogP contribution is 2.31. The highest BCUT2D eigenvalue weighted by atomic mass is 32.2. The van der Waals surface area contributed by atoms with Gasteiger partial charge in [-0.2, -0.15) is 9.78 Å². The Bertz CT molecular complexity index is 1240. The molecule has 0 atom stereocenters. The topological polar surface area (TPSA) is 59.8 Å². The summed E-state index contributed by atoms with van der Waals surface area (Å²) in [4.78, 5) is 18.1. The van der Waals surface area contributed by atoms with Crippen LogP contribution in [-0.2, 0) is 10.2 Å². The summed E-state index contributed by atoms with van der Waals surface area (Å²) in [7, 11) is 0. The lowest BCUT2D eigenvalue weighted by atomic mass is 9.87. The largest absolute Gasteiger partial charge is 0.310 e. The predicted molar refractivity (Wildman–Crippen MR) is 126 cm³/mol. The van der Waals surface area contributed by atoms with E-state index in [1.807, 2.05) is 19.1 Å². The van der Waals surface area contributed by atoms with Gasteiger partial charge < -0.3 is 5.32 Å². The van der Waals surface area contributed by atoms with Gasteiger partial charge in [0.15, 0.2) is 0 Å². The van der Waals surface area contributed by atoms with E-state index in [0.717, 1.165) is 20.8 Å². The Kier molecular flexibility index (Phi) is 5.85. The maximum absolute atomic E-state index is 13.0. The minimum absolute atomic E-state index is 0.0575. The second-order valence-electron chi connectivity index (χ2n) is 8.30. The van der Waals surface area contributed by atoms with Crippen molar-refractivity contribution in [2.45, 2.75) is 38.0 Å². The van der Waals surface area contributed by atoms with Gasteiger partial charge in [-0.05, 0) is 54.3 Å². The molecule has 2 aromatic heterocycles. The number of carbonyl (C=O) groups is 1. The molecular weight excluding hydrogens is 431 g/mol. The number of rotatable bonds is 5. The van der Waals surface area contributed by atoms with Crippen molar-refractivity contribution in [3.05, 3.63) is 65.6 Å². The molecule has 0 saturated carbocycles. The van der Waals surface area contributed by atoms with E-state index < -0.39 is 0 Å². The zero-order chi connectivity index (χ0) is 22.2. The summed E-state index contributed by atoms with van der Waals surface area (Å²) in [5.74, 6) is 0.340. The van der Waals surface area contributed by atoms with Gasteiger partial charge in [0.05, 0.1) is 21.7 Å². The average molecular weight is 455 g/mol. The van der Waals surface area contributed by atoms with E-state index in [9.17, 15) is 9.18 Å². The van der Waals surface area contributed by atoms with Gasteiger partial charge in [-0.25, -0.2) is 9.37 Å². The molecule has 5 nitrogen and oxygen atoms in total. The number of nitrogens with zero attached hydrogens (tertiary/aromatic N) is 3. The monoisotopic (exact) mass is 454 g/mol. The van der Waals surface area contributed by atoms with Crippen LogP contribution >= 0.6 is 23.1 Å². The Morgan fingerprint density at radius 2 is 1.90 bits per heavy atom. The third-order valence-electron chi connectivity index (χ3n) is 4.71. The van der Waals surface area contributed by atoms with Gasteiger partial charge in [0.1, 0.15) is 11.6 Å². The summed E-state index contributed by atoms with van der Waals surface area (Å²) in [6, 6.07) is 14.2. The lowest BCUT2D eigenvalue weighted by Crippen LogP contribution is -2.16. The second kappa shape index (κ2) is 8.43. The summed E-state index contributed by atoms with van der Waals surface area (Å²) in [6.45, 7) is 8.43. The van der Waals surface area contributed by atoms with Crippen LogP contribution in [0, 0.1) is 12.7 Å². The molecule has 2 aromatic carbocycles. The molecule has 0 fully saturated rings. The van der Waals surface area contributed by atoms with Crippen LogP contribution in [-0.4, -0.2) is 26.4 Å². The molecule has 0 aliphatic heterocycles. The van der Waals surface area contributed by atoms with Crippen molar-refractivity contribution < 1.29 is 9.18 Å². The summed E-state index contributed by atoms with van der Waals surface area (Å²) in [6.07, 6.45) is 0. The minimum Gasteiger partial charge on any atom is -0.310 e. The lowest BCUT2D eigenvalue weighted by molar-refractivity contribution is -0.113. The number of anilines is 1. The molecule has 0 aliphatic carbocycles. The van der Waals surface area contributed by atoms with Gasteiger partial charge in [0, 0.05) is 11.0 Å². The van der Waals surface area contributed by atoms with Crippen LogP contribution in [0.15, 0.2) is 53.4 Å². The fourth-order valence-electron chi connectivity index (χ4n) is 3.06. The first kappa shape index (κ1) is 21.5. The van der Waals surface area contributed by atoms with E-state index in [0.29, 0.717) is 10.9 Å². The number of thiazole rings is 1. The van der Waals surface area contributed by atoms with Gasteiger partial charge in [-0.1, -0.05) is 38.2 Å². The molecule has 160 valence electrons. The standard InChI is InChI=1S/C23H23FN4OS2/c1-14-11-20(26-21(29)13-30-17-8-6-16(24)7-9-17)28(27-14)22-25-18-10-5-15(23(2,3)4)12-19(18)31-22/h5-12H,13H2,1-4H3,(H,26,29). The highest BCUT2D eigenvalue weighted by Gasteiger charge is 2.18. The SMILES string of the molecule is Cc1cc(NC(=O)CSc2ccc(F)cc2)n(-c2nc3ccc(C(C)(C)C)cc3s2)n1. The van der Waals surface area contributed by atoms with Crippen molar-refractivity contribution in [1.82, 2.24) is 14.8 Å². The van der Waals surface area contributed by atoms with Gasteiger partial charge in [0.25, 0.3) is 0 Å². The third kappa shape index (κ3) is 4.97. The van der Waals surface area contributed by atoms with Crippen LogP contribution in [0.2, 0.25) is 0 Å². The van der Waals surface area contributed by atoms with Crippen molar-refractivity contribution in [1.29, 1.82) is 0 Å². The summed E-state index contributed by atoms with van der Waals surface area (Å²) < 4.78 is 15.8. The molecule has 1 amide bonds. The first-order valence-corrected chi connectivity index (χ1v) is 11.7. The Balaban J connectivity index is 1.54. The average Bonchev–Trinajstić information content (AvgIpc) is 3.29. The lowest BCUT2D eigenvalue weighted by Gasteiger charge is -2.18. The van der Waals surface area contributed by atoms with Crippen LogP contribution in [0.25, 0.3) is 15.3 Å². The molecule has 8 heteroatoms. The Hall–Kier alpha value is -2.71. The van der Waals surface area contributed by atoms with Gasteiger partial charge >= 0.3 is 0 Å². The zero-order valence-electron chi connectivity index (χ0n) is 17.8. The van der Waals surface area contributed by atoms with Crippen molar-refractivity contribution in [3.8, 4) is 5.13 Å². The van der Waals surface area contributed by atoms with E-state index in [2.05, 4.69) is 43.3 Å². The molecule has 4 aromatic rings. The van der Waals surface area contributed by atoms with Crippen molar-refractivity contribution in [2.75, 3.05) is 11.1 Å². The van der Waals surface area contributed by atoms with Gasteiger partial charge in [-0.15, -0.1) is 11.8 Å². The number of aryl methyl sites for hydroxylation is 1. The molecule has 0 saturated heterocycles. The van der Waals surface area contributed by atoms with Crippen LogP contribution in [0.1, 0.15) is 32.0 Å². The van der Waals surface area contributed by atoms with Gasteiger partial charge in [0.2, 0.25) is 11.0 Å². The third-order valence-corrected chi connectivity index (χ3v) is 6.71. The number of aromatic nitrogens is 3.